The molecule has 0 aromatic rings. The number of thioether (sulfide) groups is 1. The standard InChI is InChI=1S/C12H22N2O5S/c1-7(15)14-8(11(18)19-12(2,3)4)5-20-6-9(16)10(13)17/h8-9,16H,5-6H2,1-4H3,(H2,13,17)(H,14,15)/t8-,9?/m0/s1. The summed E-state index contributed by atoms with van der Waals surface area (Å²) >= 11 is 1.13. The van der Waals surface area contributed by atoms with Crippen LogP contribution in [-0.2, 0) is 19.1 Å². The molecule has 0 aromatic heterocycles. The smallest absolute Gasteiger partial charge is 0.330 e. The van der Waals surface area contributed by atoms with E-state index in [0.29, 0.717) is 0 Å². The van der Waals surface area contributed by atoms with E-state index in [-0.39, 0.29) is 17.4 Å². The predicted molar refractivity (Wildman–Crippen MR) is 76.0 cm³/mol. The maximum Gasteiger partial charge on any atom is 0.330 e. The number of carbonyl (C=O) groups is 3. The molecule has 1 unspecified atom stereocenters. The van der Waals surface area contributed by atoms with Gasteiger partial charge in [0, 0.05) is 18.4 Å². The van der Waals surface area contributed by atoms with Gasteiger partial charge >= 0.3 is 5.97 Å². The molecule has 0 aliphatic carbocycles. The Kier molecular flexibility index (Phi) is 7.59. The SMILES string of the molecule is CC(=O)N[C@@H](CSCC(O)C(N)=O)C(=O)OC(C)(C)C. The van der Waals surface area contributed by atoms with Crippen LogP contribution >= 0.6 is 11.8 Å². The highest BCUT2D eigenvalue weighted by molar-refractivity contribution is 7.99. The average Bonchev–Trinajstić information content (AvgIpc) is 2.24. The third kappa shape index (κ3) is 8.76. The molecule has 0 spiro atoms. The molecule has 20 heavy (non-hydrogen) atoms. The van der Waals surface area contributed by atoms with Crippen LogP contribution in [0, 0.1) is 0 Å². The Bertz CT molecular complexity index is 367. The first kappa shape index (κ1) is 18.7. The van der Waals surface area contributed by atoms with Gasteiger partial charge in [-0.05, 0) is 20.8 Å². The molecule has 0 aromatic carbocycles. The molecule has 0 heterocycles. The van der Waals surface area contributed by atoms with Crippen LogP contribution in [0.3, 0.4) is 0 Å². The number of esters is 1. The van der Waals surface area contributed by atoms with E-state index >= 15 is 0 Å². The monoisotopic (exact) mass is 306 g/mol. The topological polar surface area (TPSA) is 119 Å². The molecular formula is C12H22N2O5S. The summed E-state index contributed by atoms with van der Waals surface area (Å²) in [5.74, 6) is -1.52. The zero-order chi connectivity index (χ0) is 15.9. The van der Waals surface area contributed by atoms with E-state index in [1.165, 1.54) is 6.92 Å². The van der Waals surface area contributed by atoms with Crippen LogP contribution in [0.2, 0.25) is 0 Å². The van der Waals surface area contributed by atoms with Crippen molar-refractivity contribution in [3.63, 3.8) is 0 Å². The second-order valence-electron chi connectivity index (χ2n) is 5.24. The molecule has 0 fully saturated rings. The summed E-state index contributed by atoms with van der Waals surface area (Å²) in [5, 5.41) is 11.7. The number of nitrogens with two attached hydrogens (primary N) is 1. The van der Waals surface area contributed by atoms with E-state index < -0.39 is 29.6 Å². The molecule has 0 rings (SSSR count). The summed E-state index contributed by atoms with van der Waals surface area (Å²) in [5.41, 5.74) is 4.25. The van der Waals surface area contributed by atoms with Gasteiger partial charge in [-0.15, -0.1) is 0 Å². The molecule has 7 nitrogen and oxygen atoms in total. The van der Waals surface area contributed by atoms with Crippen LogP contribution in [0.15, 0.2) is 0 Å². The lowest BCUT2D eigenvalue weighted by Crippen LogP contribution is -2.45. The number of aliphatic hydroxyl groups excluding tert-OH is 1. The summed E-state index contributed by atoms with van der Waals surface area (Å²) in [6.45, 7) is 6.46. The minimum Gasteiger partial charge on any atom is -0.458 e. The van der Waals surface area contributed by atoms with Gasteiger partial charge in [-0.3, -0.25) is 9.59 Å². The maximum absolute atomic E-state index is 11.9. The molecular weight excluding hydrogens is 284 g/mol. The summed E-state index contributed by atoms with van der Waals surface area (Å²) in [6.07, 6.45) is -1.28. The minimum atomic E-state index is -1.28. The number of hydrogen-bond donors (Lipinski definition) is 3. The van der Waals surface area contributed by atoms with Crippen molar-refractivity contribution in [2.75, 3.05) is 11.5 Å². The van der Waals surface area contributed by atoms with Crippen LogP contribution in [0.1, 0.15) is 27.7 Å². The Balaban J connectivity index is 4.46. The molecule has 116 valence electrons. The minimum absolute atomic E-state index is 0.0498. The zero-order valence-corrected chi connectivity index (χ0v) is 13.0. The van der Waals surface area contributed by atoms with Gasteiger partial charge in [-0.1, -0.05) is 0 Å². The fourth-order valence-corrected chi connectivity index (χ4v) is 2.15. The summed E-state index contributed by atoms with van der Waals surface area (Å²) in [4.78, 5) is 33.6. The predicted octanol–water partition coefficient (Wildman–Crippen LogP) is -0.588. The molecule has 0 saturated carbocycles. The molecule has 0 radical (unpaired) electrons. The van der Waals surface area contributed by atoms with Crippen LogP contribution in [0.4, 0.5) is 0 Å². The van der Waals surface area contributed by atoms with Gasteiger partial charge in [-0.25, -0.2) is 4.79 Å². The quantitative estimate of drug-likeness (QED) is 0.541. The number of nitrogens with one attached hydrogen (secondary N) is 1. The van der Waals surface area contributed by atoms with Gasteiger partial charge < -0.3 is 20.9 Å². The van der Waals surface area contributed by atoms with Crippen molar-refractivity contribution in [3.05, 3.63) is 0 Å². The van der Waals surface area contributed by atoms with Crippen molar-refractivity contribution < 1.29 is 24.2 Å². The highest BCUT2D eigenvalue weighted by Crippen LogP contribution is 2.12. The largest absolute Gasteiger partial charge is 0.458 e. The molecule has 0 bridgehead atoms. The number of amides is 2. The molecule has 8 heteroatoms. The molecule has 0 aliphatic rings. The first-order chi connectivity index (χ1) is 9.03. The van der Waals surface area contributed by atoms with Crippen LogP contribution < -0.4 is 11.1 Å². The fourth-order valence-electron chi connectivity index (χ4n) is 1.17. The first-order valence-corrected chi connectivity index (χ1v) is 7.23. The van der Waals surface area contributed by atoms with E-state index in [2.05, 4.69) is 5.32 Å². The highest BCUT2D eigenvalue weighted by Gasteiger charge is 2.26. The van der Waals surface area contributed by atoms with Gasteiger partial charge in [0.15, 0.2) is 0 Å². The molecule has 2 amide bonds. The number of hydrogen-bond acceptors (Lipinski definition) is 6. The van der Waals surface area contributed by atoms with E-state index in [1.54, 1.807) is 20.8 Å². The van der Waals surface area contributed by atoms with Crippen molar-refractivity contribution in [3.8, 4) is 0 Å². The van der Waals surface area contributed by atoms with Gasteiger partial charge in [0.25, 0.3) is 0 Å². The van der Waals surface area contributed by atoms with Crippen LogP contribution in [0.25, 0.3) is 0 Å². The Morgan fingerprint density at radius 1 is 1.30 bits per heavy atom. The maximum atomic E-state index is 11.9. The van der Waals surface area contributed by atoms with Crippen LogP contribution in [0.5, 0.6) is 0 Å². The van der Waals surface area contributed by atoms with E-state index in [0.717, 1.165) is 11.8 Å². The van der Waals surface area contributed by atoms with Crippen molar-refractivity contribution in [1.82, 2.24) is 5.32 Å². The van der Waals surface area contributed by atoms with Crippen molar-refractivity contribution >= 4 is 29.5 Å². The summed E-state index contributed by atoms with van der Waals surface area (Å²) in [6, 6.07) is -0.836. The number of rotatable bonds is 7. The Hall–Kier alpha value is -1.28. The third-order valence-corrected chi connectivity index (χ3v) is 3.08. The Labute approximate surface area is 122 Å². The number of aliphatic hydroxyl groups is 1. The molecule has 4 N–H and O–H groups in total. The zero-order valence-electron chi connectivity index (χ0n) is 12.1. The number of primary amides is 1. The second-order valence-corrected chi connectivity index (χ2v) is 6.32. The van der Waals surface area contributed by atoms with Gasteiger partial charge in [0.05, 0.1) is 0 Å². The lowest BCUT2D eigenvalue weighted by molar-refractivity contribution is -0.157. The Morgan fingerprint density at radius 3 is 2.25 bits per heavy atom. The summed E-state index contributed by atoms with van der Waals surface area (Å²) < 4.78 is 5.18. The van der Waals surface area contributed by atoms with Crippen LogP contribution in [-0.4, -0.2) is 52.1 Å². The molecule has 2 atom stereocenters. The van der Waals surface area contributed by atoms with E-state index in [4.69, 9.17) is 10.5 Å². The number of ether oxygens (including phenoxy) is 1. The third-order valence-electron chi connectivity index (χ3n) is 1.96. The lowest BCUT2D eigenvalue weighted by Gasteiger charge is -2.24. The fraction of sp³-hybridized carbons (Fsp3) is 0.750. The normalized spacial score (nSPS) is 14.2. The van der Waals surface area contributed by atoms with E-state index in [1.807, 2.05) is 0 Å². The van der Waals surface area contributed by atoms with E-state index in [9.17, 15) is 19.5 Å². The molecule has 0 saturated heterocycles. The van der Waals surface area contributed by atoms with Crippen molar-refractivity contribution in [1.29, 1.82) is 0 Å². The van der Waals surface area contributed by atoms with Gasteiger partial charge in [-0.2, -0.15) is 11.8 Å². The average molecular weight is 306 g/mol. The molecule has 0 aliphatic heterocycles. The van der Waals surface area contributed by atoms with Crippen molar-refractivity contribution in [2.24, 2.45) is 5.73 Å². The van der Waals surface area contributed by atoms with Gasteiger partial charge in [0.2, 0.25) is 11.8 Å². The van der Waals surface area contributed by atoms with Crippen molar-refractivity contribution in [2.45, 2.75) is 45.4 Å². The second kappa shape index (κ2) is 8.11. The number of carbonyl (C=O) groups excluding carboxylic acids is 3. The highest BCUT2D eigenvalue weighted by atomic mass is 32.2. The lowest BCUT2D eigenvalue weighted by atomic mass is 10.2. The summed E-state index contributed by atoms with van der Waals surface area (Å²) in [7, 11) is 0. The first-order valence-electron chi connectivity index (χ1n) is 6.08. The van der Waals surface area contributed by atoms with Gasteiger partial charge in [0.1, 0.15) is 17.7 Å². The Morgan fingerprint density at radius 2 is 1.85 bits per heavy atom.